The van der Waals surface area contributed by atoms with E-state index >= 15 is 0 Å². The molecule has 0 aliphatic rings. The third-order valence-corrected chi connectivity index (χ3v) is 4.23. The zero-order chi connectivity index (χ0) is 13.0. The van der Waals surface area contributed by atoms with E-state index in [4.69, 9.17) is 16.2 Å². The maximum Gasteiger partial charge on any atom is 0.350 e. The Labute approximate surface area is 108 Å². The highest BCUT2D eigenvalue weighted by atomic mass is 32.2. The van der Waals surface area contributed by atoms with E-state index in [1.807, 2.05) is 6.92 Å². The summed E-state index contributed by atoms with van der Waals surface area (Å²) >= 11 is 2.58. The number of carbonyl (C=O) groups is 2. The van der Waals surface area contributed by atoms with Crippen molar-refractivity contribution in [3.8, 4) is 0 Å². The smallest absolute Gasteiger partial charge is 0.350 e. The highest BCUT2D eigenvalue weighted by molar-refractivity contribution is 8.01. The summed E-state index contributed by atoms with van der Waals surface area (Å²) in [7, 11) is 0. The lowest BCUT2D eigenvalue weighted by Gasteiger charge is -2.00. The number of hydrogen-bond acceptors (Lipinski definition) is 6. The highest BCUT2D eigenvalue weighted by Crippen LogP contribution is 2.38. The number of rotatable bonds is 5. The van der Waals surface area contributed by atoms with Crippen LogP contribution in [0.1, 0.15) is 33.9 Å². The number of anilines is 1. The molecule has 0 radical (unpaired) electrons. The normalized spacial score (nSPS) is 10.2. The molecule has 1 rings (SSSR count). The molecule has 1 aromatic heterocycles. The fourth-order valence-corrected chi connectivity index (χ4v) is 3.55. The van der Waals surface area contributed by atoms with Crippen molar-refractivity contribution in [1.29, 1.82) is 0 Å². The average Bonchev–Trinajstić information content (AvgIpc) is 2.56. The van der Waals surface area contributed by atoms with Gasteiger partial charge in [-0.3, -0.25) is 4.79 Å². The van der Waals surface area contributed by atoms with Gasteiger partial charge in [-0.2, -0.15) is 0 Å². The lowest BCUT2D eigenvalue weighted by atomic mass is 10.2. The van der Waals surface area contributed by atoms with Gasteiger partial charge in [0, 0.05) is 0 Å². The SMILES string of the molecule is CCOC(=O)c1sc(SCC)c(C(N)=O)c1N. The highest BCUT2D eigenvalue weighted by Gasteiger charge is 2.24. The minimum absolute atomic E-state index is 0.122. The summed E-state index contributed by atoms with van der Waals surface area (Å²) in [5.74, 6) is -0.367. The van der Waals surface area contributed by atoms with E-state index in [1.165, 1.54) is 11.8 Å². The van der Waals surface area contributed by atoms with Crippen LogP contribution < -0.4 is 11.5 Å². The second kappa shape index (κ2) is 5.92. The molecule has 0 fully saturated rings. The predicted octanol–water partition coefficient (Wildman–Crippen LogP) is 1.72. The quantitative estimate of drug-likeness (QED) is 0.629. The number of esters is 1. The number of amides is 1. The summed E-state index contributed by atoms with van der Waals surface area (Å²) in [6.45, 7) is 3.91. The Morgan fingerprint density at radius 2 is 2.06 bits per heavy atom. The second-order valence-corrected chi connectivity index (χ2v) is 5.58. The van der Waals surface area contributed by atoms with Gasteiger partial charge in [-0.15, -0.1) is 23.1 Å². The number of primary amides is 1. The molecule has 0 bridgehead atoms. The largest absolute Gasteiger partial charge is 0.462 e. The Morgan fingerprint density at radius 3 is 2.53 bits per heavy atom. The van der Waals surface area contributed by atoms with Gasteiger partial charge >= 0.3 is 5.97 Å². The number of thioether (sulfide) groups is 1. The fourth-order valence-electron chi connectivity index (χ4n) is 1.24. The van der Waals surface area contributed by atoms with Gasteiger partial charge in [-0.25, -0.2) is 4.79 Å². The number of ether oxygens (including phenoxy) is 1. The Balaban J connectivity index is 3.21. The number of thiophene rings is 1. The van der Waals surface area contributed by atoms with Crippen LogP contribution in [-0.4, -0.2) is 24.2 Å². The molecular formula is C10H14N2O3S2. The number of nitrogens with two attached hydrogens (primary N) is 2. The third-order valence-electron chi connectivity index (χ3n) is 1.90. The number of hydrogen-bond donors (Lipinski definition) is 2. The zero-order valence-electron chi connectivity index (χ0n) is 9.61. The van der Waals surface area contributed by atoms with Gasteiger partial charge in [0.25, 0.3) is 5.91 Å². The van der Waals surface area contributed by atoms with Crippen LogP contribution in [0.4, 0.5) is 5.69 Å². The maximum absolute atomic E-state index is 11.6. The summed E-state index contributed by atoms with van der Waals surface area (Å²) in [5, 5.41) is 0. The summed E-state index contributed by atoms with van der Waals surface area (Å²) in [5.41, 5.74) is 11.4. The molecule has 5 nitrogen and oxygen atoms in total. The Kier molecular flexibility index (Phi) is 4.83. The van der Waals surface area contributed by atoms with Gasteiger partial charge in [0.15, 0.2) is 0 Å². The van der Waals surface area contributed by atoms with Crippen molar-refractivity contribution in [1.82, 2.24) is 0 Å². The lowest BCUT2D eigenvalue weighted by molar-refractivity contribution is 0.0533. The Bertz CT molecular complexity index is 443. The first-order valence-corrected chi connectivity index (χ1v) is 6.85. The molecule has 0 aromatic carbocycles. The first kappa shape index (κ1) is 13.9. The molecule has 0 aliphatic heterocycles. The van der Waals surface area contributed by atoms with Crippen molar-refractivity contribution in [2.75, 3.05) is 18.1 Å². The summed E-state index contributed by atoms with van der Waals surface area (Å²) in [6.07, 6.45) is 0. The molecule has 4 N–H and O–H groups in total. The fraction of sp³-hybridized carbons (Fsp3) is 0.400. The monoisotopic (exact) mass is 274 g/mol. The average molecular weight is 274 g/mol. The molecule has 7 heteroatoms. The van der Waals surface area contributed by atoms with Gasteiger partial charge in [0.1, 0.15) is 4.88 Å². The zero-order valence-corrected chi connectivity index (χ0v) is 11.2. The topological polar surface area (TPSA) is 95.4 Å². The molecular weight excluding hydrogens is 260 g/mol. The van der Waals surface area contributed by atoms with Crippen LogP contribution in [0.5, 0.6) is 0 Å². The van der Waals surface area contributed by atoms with Gasteiger partial charge in [-0.1, -0.05) is 6.92 Å². The third kappa shape index (κ3) is 2.92. The minimum Gasteiger partial charge on any atom is -0.462 e. The number of carbonyl (C=O) groups excluding carboxylic acids is 2. The van der Waals surface area contributed by atoms with Crippen molar-refractivity contribution in [2.45, 2.75) is 18.1 Å². The van der Waals surface area contributed by atoms with E-state index in [0.717, 1.165) is 17.1 Å². The van der Waals surface area contributed by atoms with Crippen LogP contribution in [0.15, 0.2) is 4.21 Å². The van der Waals surface area contributed by atoms with Crippen LogP contribution in [0.25, 0.3) is 0 Å². The molecule has 0 saturated carbocycles. The summed E-state index contributed by atoms with van der Waals surface area (Å²) in [4.78, 5) is 23.1. The van der Waals surface area contributed by atoms with Gasteiger partial charge < -0.3 is 16.2 Å². The van der Waals surface area contributed by atoms with Crippen LogP contribution in [0, 0.1) is 0 Å². The van der Waals surface area contributed by atoms with Crippen LogP contribution >= 0.6 is 23.1 Å². The predicted molar refractivity (Wildman–Crippen MR) is 69.6 cm³/mol. The molecule has 0 atom stereocenters. The maximum atomic E-state index is 11.6. The van der Waals surface area contributed by atoms with Crippen molar-refractivity contribution in [2.24, 2.45) is 5.73 Å². The van der Waals surface area contributed by atoms with Crippen molar-refractivity contribution >= 4 is 40.7 Å². The molecule has 94 valence electrons. The first-order valence-electron chi connectivity index (χ1n) is 5.04. The van der Waals surface area contributed by atoms with E-state index in [0.29, 0.717) is 4.21 Å². The van der Waals surface area contributed by atoms with E-state index in [2.05, 4.69) is 0 Å². The molecule has 0 saturated heterocycles. The van der Waals surface area contributed by atoms with Crippen molar-refractivity contribution in [3.05, 3.63) is 10.4 Å². The number of nitrogen functional groups attached to an aromatic ring is 1. The molecule has 1 aromatic rings. The molecule has 0 aliphatic carbocycles. The van der Waals surface area contributed by atoms with Gasteiger partial charge in [-0.05, 0) is 12.7 Å². The summed E-state index contributed by atoms with van der Waals surface area (Å²) in [6, 6.07) is 0. The van der Waals surface area contributed by atoms with Crippen molar-refractivity contribution < 1.29 is 14.3 Å². The van der Waals surface area contributed by atoms with E-state index in [-0.39, 0.29) is 22.7 Å². The van der Waals surface area contributed by atoms with Crippen LogP contribution in [-0.2, 0) is 4.74 Å². The second-order valence-electron chi connectivity index (χ2n) is 3.03. The molecule has 0 unspecified atom stereocenters. The molecule has 1 heterocycles. The minimum atomic E-state index is -0.620. The van der Waals surface area contributed by atoms with Gasteiger partial charge in [0.05, 0.1) is 22.1 Å². The van der Waals surface area contributed by atoms with Gasteiger partial charge in [0.2, 0.25) is 0 Å². The first-order chi connectivity index (χ1) is 8.02. The molecule has 17 heavy (non-hydrogen) atoms. The Morgan fingerprint density at radius 1 is 1.41 bits per heavy atom. The lowest BCUT2D eigenvalue weighted by Crippen LogP contribution is -2.14. The van der Waals surface area contributed by atoms with E-state index < -0.39 is 11.9 Å². The summed E-state index contributed by atoms with van der Waals surface area (Å²) < 4.78 is 5.53. The van der Waals surface area contributed by atoms with E-state index in [1.54, 1.807) is 6.92 Å². The Hall–Kier alpha value is -1.21. The van der Waals surface area contributed by atoms with Crippen molar-refractivity contribution in [3.63, 3.8) is 0 Å². The van der Waals surface area contributed by atoms with E-state index in [9.17, 15) is 9.59 Å². The van der Waals surface area contributed by atoms with Crippen LogP contribution in [0.3, 0.4) is 0 Å². The van der Waals surface area contributed by atoms with Crippen LogP contribution in [0.2, 0.25) is 0 Å². The molecule has 0 spiro atoms. The standard InChI is InChI=1S/C10H14N2O3S2/c1-3-15-9(14)7-6(11)5(8(12)13)10(17-7)16-4-2/h3-4,11H2,1-2H3,(H2,12,13). The molecule has 1 amide bonds.